The maximum atomic E-state index is 13.5. The van der Waals surface area contributed by atoms with E-state index in [0.29, 0.717) is 30.1 Å². The predicted molar refractivity (Wildman–Crippen MR) is 143 cm³/mol. The van der Waals surface area contributed by atoms with Crippen molar-refractivity contribution in [2.75, 3.05) is 32.1 Å². The lowest BCUT2D eigenvalue weighted by atomic mass is 9.96. The van der Waals surface area contributed by atoms with Gasteiger partial charge in [0.25, 0.3) is 5.91 Å². The van der Waals surface area contributed by atoms with Gasteiger partial charge < -0.3 is 35.6 Å². The molecule has 1 aliphatic carbocycles. The van der Waals surface area contributed by atoms with E-state index in [1.807, 2.05) is 20.8 Å². The fourth-order valence-electron chi connectivity index (χ4n) is 4.83. The van der Waals surface area contributed by atoms with Crippen LogP contribution in [0.3, 0.4) is 0 Å². The lowest BCUT2D eigenvalue weighted by Gasteiger charge is -2.38. The number of hydrogen-bond acceptors (Lipinski definition) is 5. The number of rotatable bonds is 7. The zero-order chi connectivity index (χ0) is 27.1. The third kappa shape index (κ3) is 7.74. The van der Waals surface area contributed by atoms with Crippen LogP contribution >= 0.6 is 0 Å². The number of aliphatic hydroxyl groups excluding tert-OH is 1. The number of anilines is 1. The molecule has 1 heterocycles. The Morgan fingerprint density at radius 3 is 2.54 bits per heavy atom. The zero-order valence-electron chi connectivity index (χ0n) is 22.8. The first-order valence-electron chi connectivity index (χ1n) is 13.4. The molecule has 206 valence electrons. The number of ether oxygens (including phenoxy) is 1. The van der Waals surface area contributed by atoms with Crippen molar-refractivity contribution in [1.29, 1.82) is 0 Å². The van der Waals surface area contributed by atoms with E-state index < -0.39 is 6.04 Å². The summed E-state index contributed by atoms with van der Waals surface area (Å²) in [7, 11) is 1.76. The number of carbonyl (C=O) groups is 3. The second kappa shape index (κ2) is 13.0. The van der Waals surface area contributed by atoms with Crippen molar-refractivity contribution in [3.05, 3.63) is 23.8 Å². The van der Waals surface area contributed by atoms with Crippen LogP contribution in [0.4, 0.5) is 15.3 Å². The molecule has 0 saturated heterocycles. The van der Waals surface area contributed by atoms with Gasteiger partial charge in [-0.15, -0.1) is 0 Å². The maximum Gasteiger partial charge on any atom is 0.319 e. The van der Waals surface area contributed by atoms with Crippen LogP contribution in [0.2, 0.25) is 0 Å². The molecule has 10 nitrogen and oxygen atoms in total. The molecule has 37 heavy (non-hydrogen) atoms. The first-order chi connectivity index (χ1) is 17.6. The second-order valence-electron chi connectivity index (χ2n) is 10.8. The number of carbonyl (C=O) groups excluding carboxylic acids is 3. The van der Waals surface area contributed by atoms with Gasteiger partial charge in [0.15, 0.2) is 0 Å². The van der Waals surface area contributed by atoms with Crippen molar-refractivity contribution >= 4 is 23.7 Å². The van der Waals surface area contributed by atoms with Crippen LogP contribution in [0.1, 0.15) is 70.2 Å². The summed E-state index contributed by atoms with van der Waals surface area (Å²) in [5.74, 6) is -0.00332. The third-order valence-corrected chi connectivity index (χ3v) is 7.08. The first kappa shape index (κ1) is 28.6. The Kier molecular flexibility index (Phi) is 10.0. The third-order valence-electron chi connectivity index (χ3n) is 7.08. The summed E-state index contributed by atoms with van der Waals surface area (Å²) in [5.41, 5.74) is 0.758. The molecule has 1 aromatic rings. The Bertz CT molecular complexity index is 949. The van der Waals surface area contributed by atoms with Crippen molar-refractivity contribution in [2.45, 2.75) is 84.0 Å². The fourth-order valence-corrected chi connectivity index (χ4v) is 4.83. The highest BCUT2D eigenvalue weighted by Gasteiger charge is 2.34. The molecule has 5 amide bonds. The molecule has 2 aliphatic rings. The number of fused-ring (bicyclic) bond motifs is 1. The van der Waals surface area contributed by atoms with E-state index in [4.69, 9.17) is 4.74 Å². The number of nitrogens with zero attached hydrogens (tertiary/aromatic N) is 2. The summed E-state index contributed by atoms with van der Waals surface area (Å²) < 4.78 is 6.36. The molecule has 1 fully saturated rings. The van der Waals surface area contributed by atoms with Crippen molar-refractivity contribution in [3.63, 3.8) is 0 Å². The summed E-state index contributed by atoms with van der Waals surface area (Å²) >= 11 is 0. The van der Waals surface area contributed by atoms with Gasteiger partial charge in [0.1, 0.15) is 11.9 Å². The van der Waals surface area contributed by atoms with E-state index in [1.165, 1.54) is 6.42 Å². The molecule has 0 spiro atoms. The Hall–Kier alpha value is -3.01. The van der Waals surface area contributed by atoms with Gasteiger partial charge >= 0.3 is 12.1 Å². The van der Waals surface area contributed by atoms with Gasteiger partial charge in [-0.2, -0.15) is 0 Å². The molecular formula is C27H43N5O5. The minimum atomic E-state index is -0.408. The predicted octanol–water partition coefficient (Wildman–Crippen LogP) is 3.41. The van der Waals surface area contributed by atoms with Crippen molar-refractivity contribution in [2.24, 2.45) is 5.92 Å². The van der Waals surface area contributed by atoms with Gasteiger partial charge in [0, 0.05) is 37.3 Å². The van der Waals surface area contributed by atoms with Gasteiger partial charge in [0.05, 0.1) is 24.8 Å². The van der Waals surface area contributed by atoms with Crippen molar-refractivity contribution < 1.29 is 24.2 Å². The highest BCUT2D eigenvalue weighted by molar-refractivity contribution is 5.99. The van der Waals surface area contributed by atoms with Gasteiger partial charge in [-0.1, -0.05) is 26.2 Å². The van der Waals surface area contributed by atoms with Gasteiger partial charge in [-0.3, -0.25) is 4.79 Å². The van der Waals surface area contributed by atoms with Crippen LogP contribution in [0.25, 0.3) is 0 Å². The number of benzene rings is 1. The molecule has 4 N–H and O–H groups in total. The SMILES string of the molecule is CC(C)NC(=O)Nc1ccc2c(c1)C(=O)N([C@@H](C)CO)C[C@H](C)[C@H](CN(C)C(=O)NC1CCCCC1)O2. The Morgan fingerprint density at radius 1 is 1.19 bits per heavy atom. The number of nitrogens with one attached hydrogen (secondary N) is 3. The van der Waals surface area contributed by atoms with Crippen LogP contribution in [-0.2, 0) is 0 Å². The van der Waals surface area contributed by atoms with E-state index in [2.05, 4.69) is 16.0 Å². The molecule has 0 aromatic heterocycles. The minimum Gasteiger partial charge on any atom is -0.487 e. The average Bonchev–Trinajstić information content (AvgIpc) is 2.86. The van der Waals surface area contributed by atoms with Crippen molar-refractivity contribution in [1.82, 2.24) is 20.4 Å². The van der Waals surface area contributed by atoms with Crippen LogP contribution < -0.4 is 20.7 Å². The van der Waals surface area contributed by atoms with E-state index in [0.717, 1.165) is 25.7 Å². The highest BCUT2D eigenvalue weighted by atomic mass is 16.5. The molecule has 1 aliphatic heterocycles. The minimum absolute atomic E-state index is 0.0373. The first-order valence-corrected chi connectivity index (χ1v) is 13.4. The number of likely N-dealkylation sites (N-methyl/N-ethyl adjacent to an activating group) is 1. The number of aliphatic hydroxyl groups is 1. The molecule has 0 radical (unpaired) electrons. The Balaban J connectivity index is 1.82. The molecular weight excluding hydrogens is 474 g/mol. The Morgan fingerprint density at radius 2 is 1.89 bits per heavy atom. The monoisotopic (exact) mass is 517 g/mol. The standard InChI is InChI=1S/C27H43N5O5/c1-17(2)28-26(35)29-21-11-12-23-22(13-21)25(34)32(19(4)16-33)14-18(3)24(37-23)15-31(5)27(36)30-20-9-7-6-8-10-20/h11-13,17-20,24,33H,6-10,14-16H2,1-5H3,(H,30,36)(H2,28,29,35)/t18-,19-,24-/m0/s1. The molecule has 1 saturated carbocycles. The molecule has 0 unspecified atom stereocenters. The van der Waals surface area contributed by atoms with E-state index in [9.17, 15) is 19.5 Å². The van der Waals surface area contributed by atoms with Crippen LogP contribution in [-0.4, -0.2) is 83.8 Å². The molecule has 3 rings (SSSR count). The quantitative estimate of drug-likeness (QED) is 0.441. The fraction of sp³-hybridized carbons (Fsp3) is 0.667. The molecule has 3 atom stereocenters. The van der Waals surface area contributed by atoms with Gasteiger partial charge in [-0.05, 0) is 51.8 Å². The van der Waals surface area contributed by atoms with E-state index >= 15 is 0 Å². The summed E-state index contributed by atoms with van der Waals surface area (Å²) in [4.78, 5) is 41.9. The Labute approximate surface area is 220 Å². The van der Waals surface area contributed by atoms with Crippen LogP contribution in [0.15, 0.2) is 18.2 Å². The summed E-state index contributed by atoms with van der Waals surface area (Å²) in [6.45, 7) is 8.01. The largest absolute Gasteiger partial charge is 0.487 e. The molecule has 10 heteroatoms. The lowest BCUT2D eigenvalue weighted by molar-refractivity contribution is 0.0366. The smallest absolute Gasteiger partial charge is 0.319 e. The van der Waals surface area contributed by atoms with Gasteiger partial charge in [0.2, 0.25) is 0 Å². The summed E-state index contributed by atoms with van der Waals surface area (Å²) in [6.07, 6.45) is 5.12. The number of amides is 5. The number of hydrogen-bond donors (Lipinski definition) is 4. The van der Waals surface area contributed by atoms with Crippen LogP contribution in [0, 0.1) is 5.92 Å². The summed E-state index contributed by atoms with van der Waals surface area (Å²) in [5, 5.41) is 18.5. The van der Waals surface area contributed by atoms with Gasteiger partial charge in [-0.25, -0.2) is 9.59 Å². The van der Waals surface area contributed by atoms with Crippen LogP contribution in [0.5, 0.6) is 5.75 Å². The normalized spacial score (nSPS) is 21.3. The molecule has 0 bridgehead atoms. The van der Waals surface area contributed by atoms with E-state index in [1.54, 1.807) is 42.0 Å². The van der Waals surface area contributed by atoms with E-state index in [-0.39, 0.29) is 48.7 Å². The highest BCUT2D eigenvalue weighted by Crippen LogP contribution is 2.30. The average molecular weight is 518 g/mol. The topological polar surface area (TPSA) is 123 Å². The second-order valence-corrected chi connectivity index (χ2v) is 10.8. The summed E-state index contributed by atoms with van der Waals surface area (Å²) in [6, 6.07) is 4.23. The maximum absolute atomic E-state index is 13.5. The molecule has 1 aromatic carbocycles. The number of urea groups is 2. The van der Waals surface area contributed by atoms with Crippen molar-refractivity contribution in [3.8, 4) is 5.75 Å². The lowest BCUT2D eigenvalue weighted by Crippen LogP contribution is -2.52. The zero-order valence-corrected chi connectivity index (χ0v) is 22.8.